The van der Waals surface area contributed by atoms with Crippen LogP contribution in [-0.4, -0.2) is 26.0 Å². The molecular formula is C17H13Cl3N2O4S. The molecule has 27 heavy (non-hydrogen) atoms. The van der Waals surface area contributed by atoms with Crippen LogP contribution in [0.5, 0.6) is 0 Å². The van der Waals surface area contributed by atoms with Crippen LogP contribution in [0.3, 0.4) is 0 Å². The Hall–Kier alpha value is -1.80. The summed E-state index contributed by atoms with van der Waals surface area (Å²) in [6, 6.07) is 8.75. The first-order chi connectivity index (χ1) is 12.6. The van der Waals surface area contributed by atoms with Crippen LogP contribution in [0.2, 0.25) is 15.1 Å². The molecule has 1 atom stereocenters. The van der Waals surface area contributed by atoms with Gasteiger partial charge in [-0.15, -0.1) is 0 Å². The molecule has 3 rings (SSSR count). The van der Waals surface area contributed by atoms with Crippen LogP contribution >= 0.6 is 34.8 Å². The summed E-state index contributed by atoms with van der Waals surface area (Å²) in [4.78, 5) is 24.6. The molecule has 1 aliphatic heterocycles. The van der Waals surface area contributed by atoms with E-state index < -0.39 is 27.8 Å². The first-order valence-electron chi connectivity index (χ1n) is 7.73. The first kappa shape index (κ1) is 19.9. The number of rotatable bonds is 3. The van der Waals surface area contributed by atoms with Crippen LogP contribution in [0.15, 0.2) is 36.4 Å². The van der Waals surface area contributed by atoms with Crippen molar-refractivity contribution in [2.24, 2.45) is 5.92 Å². The fourth-order valence-electron chi connectivity index (χ4n) is 2.69. The Bertz CT molecular complexity index is 1060. The molecule has 1 unspecified atom stereocenters. The fourth-order valence-corrected chi connectivity index (χ4v) is 5.11. The van der Waals surface area contributed by atoms with E-state index in [0.29, 0.717) is 5.69 Å². The van der Waals surface area contributed by atoms with Crippen molar-refractivity contribution in [3.63, 3.8) is 0 Å². The van der Waals surface area contributed by atoms with Gasteiger partial charge >= 0.3 is 0 Å². The summed E-state index contributed by atoms with van der Waals surface area (Å²) in [6.45, 7) is 1.54. The average molecular weight is 448 g/mol. The lowest BCUT2D eigenvalue weighted by molar-refractivity contribution is -0.119. The van der Waals surface area contributed by atoms with Gasteiger partial charge in [0.2, 0.25) is 15.9 Å². The Morgan fingerprint density at radius 3 is 2.44 bits per heavy atom. The summed E-state index contributed by atoms with van der Waals surface area (Å²) in [7, 11) is -3.75. The highest BCUT2D eigenvalue weighted by Crippen LogP contribution is 2.33. The van der Waals surface area contributed by atoms with Gasteiger partial charge in [-0.3, -0.25) is 9.59 Å². The summed E-state index contributed by atoms with van der Waals surface area (Å²) in [5, 5.41) is 3.05. The number of nitrogens with one attached hydrogen (secondary N) is 1. The van der Waals surface area contributed by atoms with E-state index in [1.807, 2.05) is 0 Å². The molecule has 6 nitrogen and oxygen atoms in total. The van der Waals surface area contributed by atoms with E-state index in [1.54, 1.807) is 18.2 Å². The number of benzene rings is 2. The average Bonchev–Trinajstić information content (AvgIpc) is 2.79. The van der Waals surface area contributed by atoms with Gasteiger partial charge in [0.15, 0.2) is 0 Å². The van der Waals surface area contributed by atoms with E-state index in [2.05, 4.69) is 5.32 Å². The molecule has 2 amide bonds. The maximum absolute atomic E-state index is 12.5. The zero-order chi connectivity index (χ0) is 19.9. The van der Waals surface area contributed by atoms with Gasteiger partial charge < -0.3 is 5.32 Å². The van der Waals surface area contributed by atoms with Gasteiger partial charge in [0.1, 0.15) is 0 Å². The van der Waals surface area contributed by atoms with Crippen molar-refractivity contribution in [2.45, 2.75) is 6.92 Å². The van der Waals surface area contributed by atoms with Crippen molar-refractivity contribution in [3.05, 3.63) is 57.0 Å². The maximum Gasteiger partial charge on any atom is 0.257 e. The summed E-state index contributed by atoms with van der Waals surface area (Å²) < 4.78 is 25.1. The number of hydrogen-bond acceptors (Lipinski definition) is 4. The van der Waals surface area contributed by atoms with Gasteiger partial charge in [-0.2, -0.15) is 0 Å². The van der Waals surface area contributed by atoms with Gasteiger partial charge in [0.25, 0.3) is 5.91 Å². The summed E-state index contributed by atoms with van der Waals surface area (Å²) >= 11 is 18.1. The van der Waals surface area contributed by atoms with Crippen molar-refractivity contribution in [3.8, 4) is 0 Å². The predicted molar refractivity (Wildman–Crippen MR) is 106 cm³/mol. The lowest BCUT2D eigenvalue weighted by atomic mass is 10.1. The third-order valence-corrected chi connectivity index (χ3v) is 6.99. The zero-order valence-corrected chi connectivity index (χ0v) is 17.0. The summed E-state index contributed by atoms with van der Waals surface area (Å²) in [5.41, 5.74) is 0.487. The van der Waals surface area contributed by atoms with E-state index in [1.165, 1.54) is 25.1 Å². The number of nitrogens with zero attached hydrogens (tertiary/aromatic N) is 1. The molecule has 0 bridgehead atoms. The quantitative estimate of drug-likeness (QED) is 0.764. The molecule has 1 saturated heterocycles. The fraction of sp³-hybridized carbons (Fsp3) is 0.176. The van der Waals surface area contributed by atoms with Crippen LogP contribution in [-0.2, 0) is 14.8 Å². The van der Waals surface area contributed by atoms with Crippen LogP contribution in [0, 0.1) is 5.92 Å². The molecule has 142 valence electrons. The Morgan fingerprint density at radius 2 is 1.85 bits per heavy atom. The highest BCUT2D eigenvalue weighted by atomic mass is 35.5. The first-order valence-corrected chi connectivity index (χ1v) is 10.5. The van der Waals surface area contributed by atoms with E-state index >= 15 is 0 Å². The Labute approximate surface area is 171 Å². The number of sulfonamides is 1. The van der Waals surface area contributed by atoms with Crippen LogP contribution < -0.4 is 9.62 Å². The van der Waals surface area contributed by atoms with Crippen molar-refractivity contribution in [2.75, 3.05) is 15.4 Å². The van der Waals surface area contributed by atoms with Gasteiger partial charge in [-0.05, 0) is 30.3 Å². The van der Waals surface area contributed by atoms with Crippen LogP contribution in [0.25, 0.3) is 0 Å². The van der Waals surface area contributed by atoms with Gasteiger partial charge in [0.05, 0.1) is 43.7 Å². The Kier molecular flexibility index (Phi) is 5.40. The van der Waals surface area contributed by atoms with E-state index in [9.17, 15) is 18.0 Å². The van der Waals surface area contributed by atoms with Crippen molar-refractivity contribution in [1.82, 2.24) is 0 Å². The van der Waals surface area contributed by atoms with E-state index in [-0.39, 0.29) is 32.1 Å². The van der Waals surface area contributed by atoms with E-state index in [0.717, 1.165) is 4.31 Å². The SMILES string of the molecule is CC1CS(=O)(=O)N(c2ccc(C(=O)Nc3cccc(Cl)c3Cl)c(Cl)c2)C1=O. The number of amides is 2. The molecule has 10 heteroatoms. The summed E-state index contributed by atoms with van der Waals surface area (Å²) in [6.07, 6.45) is 0. The highest BCUT2D eigenvalue weighted by Gasteiger charge is 2.42. The largest absolute Gasteiger partial charge is 0.321 e. The molecule has 2 aromatic rings. The molecule has 0 spiro atoms. The van der Waals surface area contributed by atoms with Crippen molar-refractivity contribution < 1.29 is 18.0 Å². The minimum absolute atomic E-state index is 0.00861. The standard InChI is InChI=1S/C17H13Cl3N2O4S/c1-9-8-27(25,26)22(17(9)24)10-5-6-11(13(19)7-10)16(23)21-14-4-2-3-12(18)15(14)20/h2-7,9H,8H2,1H3,(H,21,23). The minimum Gasteiger partial charge on any atom is -0.321 e. The molecule has 0 saturated carbocycles. The molecule has 1 N–H and O–H groups in total. The van der Waals surface area contributed by atoms with Gasteiger partial charge in [0, 0.05) is 0 Å². The lowest BCUT2D eigenvalue weighted by Gasteiger charge is -2.16. The van der Waals surface area contributed by atoms with E-state index in [4.69, 9.17) is 34.8 Å². The second-order valence-electron chi connectivity index (χ2n) is 6.00. The minimum atomic E-state index is -3.75. The topological polar surface area (TPSA) is 83.6 Å². The third-order valence-electron chi connectivity index (χ3n) is 3.99. The lowest BCUT2D eigenvalue weighted by Crippen LogP contribution is -2.30. The molecule has 1 aliphatic rings. The predicted octanol–water partition coefficient (Wildman–Crippen LogP) is 4.21. The zero-order valence-electron chi connectivity index (χ0n) is 13.9. The smallest absolute Gasteiger partial charge is 0.257 e. The summed E-state index contributed by atoms with van der Waals surface area (Å²) in [5.74, 6) is -1.99. The monoisotopic (exact) mass is 446 g/mol. The number of halogens is 3. The van der Waals surface area contributed by atoms with Gasteiger partial charge in [-0.1, -0.05) is 47.8 Å². The number of carbonyl (C=O) groups excluding carboxylic acids is 2. The number of hydrogen-bond donors (Lipinski definition) is 1. The molecule has 0 aliphatic carbocycles. The molecule has 1 fully saturated rings. The maximum atomic E-state index is 12.5. The Balaban J connectivity index is 1.90. The number of anilines is 2. The highest BCUT2D eigenvalue weighted by molar-refractivity contribution is 7.94. The van der Waals surface area contributed by atoms with Gasteiger partial charge in [-0.25, -0.2) is 12.7 Å². The second kappa shape index (κ2) is 7.31. The third kappa shape index (κ3) is 3.78. The molecule has 0 radical (unpaired) electrons. The molecular weight excluding hydrogens is 435 g/mol. The normalized spacial score (nSPS) is 18.6. The van der Waals surface area contributed by atoms with Crippen LogP contribution in [0.4, 0.5) is 11.4 Å². The van der Waals surface area contributed by atoms with Crippen LogP contribution in [0.1, 0.15) is 17.3 Å². The number of carbonyl (C=O) groups is 2. The molecule has 1 heterocycles. The second-order valence-corrected chi connectivity index (χ2v) is 9.06. The molecule has 0 aromatic heterocycles. The van der Waals surface area contributed by atoms with Crippen molar-refractivity contribution >= 4 is 68.0 Å². The van der Waals surface area contributed by atoms with Crippen molar-refractivity contribution in [1.29, 1.82) is 0 Å². The Morgan fingerprint density at radius 1 is 1.15 bits per heavy atom. The molecule has 2 aromatic carbocycles.